The van der Waals surface area contributed by atoms with Crippen LogP contribution in [0.25, 0.3) is 21.3 Å². The molecule has 1 N–H and O–H groups in total. The highest BCUT2D eigenvalue weighted by Gasteiger charge is 2.31. The number of benzene rings is 1. The quantitative estimate of drug-likeness (QED) is 0.192. The molecule has 0 saturated carbocycles. The molecule has 1 aliphatic heterocycles. The van der Waals surface area contributed by atoms with Crippen LogP contribution in [0.5, 0.6) is 5.75 Å². The zero-order chi connectivity index (χ0) is 31.9. The molecule has 1 atom stereocenters. The average molecular weight is 676 g/mol. The summed E-state index contributed by atoms with van der Waals surface area (Å²) in [6.45, 7) is 6.39. The van der Waals surface area contributed by atoms with Crippen molar-refractivity contribution in [1.82, 2.24) is 24.4 Å². The third-order valence-electron chi connectivity index (χ3n) is 9.23. The first-order valence-electron chi connectivity index (χ1n) is 15.5. The highest BCUT2D eigenvalue weighted by molar-refractivity contribution is 7.18. The molecule has 0 amide bonds. The molecule has 0 bridgehead atoms. The highest BCUT2D eigenvalue weighted by atomic mass is 35.5. The normalized spacial score (nSPS) is 17.3. The van der Waals surface area contributed by atoms with Crippen LogP contribution in [0.2, 0.25) is 5.02 Å². The molecule has 1 aromatic carbocycles. The molecular weight excluding hydrogens is 642 g/mol. The van der Waals surface area contributed by atoms with Crippen molar-refractivity contribution in [2.24, 2.45) is 0 Å². The van der Waals surface area contributed by atoms with E-state index in [2.05, 4.69) is 20.2 Å². The molecule has 1 aliphatic carbocycles. The minimum Gasteiger partial charge on any atom is -0.491 e. The van der Waals surface area contributed by atoms with Crippen molar-refractivity contribution in [3.63, 3.8) is 0 Å². The van der Waals surface area contributed by atoms with E-state index in [1.807, 2.05) is 38.2 Å². The van der Waals surface area contributed by atoms with Gasteiger partial charge in [0.15, 0.2) is 0 Å². The van der Waals surface area contributed by atoms with E-state index in [4.69, 9.17) is 21.3 Å². The fraction of sp³-hybridized carbons (Fsp3) is 0.382. The minimum atomic E-state index is -1.01. The fourth-order valence-electron chi connectivity index (χ4n) is 6.91. The van der Waals surface area contributed by atoms with Crippen molar-refractivity contribution in [3.8, 4) is 16.9 Å². The number of carboxylic acids is 1. The first kappa shape index (κ1) is 31.0. The molecule has 46 heavy (non-hydrogen) atoms. The molecule has 12 heteroatoms. The third kappa shape index (κ3) is 5.97. The van der Waals surface area contributed by atoms with Gasteiger partial charge in [0.05, 0.1) is 33.0 Å². The van der Waals surface area contributed by atoms with Gasteiger partial charge in [0.1, 0.15) is 18.2 Å². The van der Waals surface area contributed by atoms with Crippen LogP contribution in [0.3, 0.4) is 0 Å². The summed E-state index contributed by atoms with van der Waals surface area (Å²) in [4.78, 5) is 42.1. The Labute approximate surface area is 279 Å². The predicted octanol–water partition coefficient (Wildman–Crippen LogP) is 6.76. The lowest BCUT2D eigenvalue weighted by molar-refractivity contribution is 0.0699. The third-order valence-corrected chi connectivity index (χ3v) is 11.4. The number of thiazole rings is 1. The summed E-state index contributed by atoms with van der Waals surface area (Å²) in [6.07, 6.45) is 6.67. The lowest BCUT2D eigenvalue weighted by Crippen LogP contribution is -2.46. The number of piperidine rings is 1. The average Bonchev–Trinajstić information content (AvgIpc) is 3.74. The van der Waals surface area contributed by atoms with E-state index in [1.165, 1.54) is 16.3 Å². The van der Waals surface area contributed by atoms with Gasteiger partial charge in [0, 0.05) is 56.3 Å². The molecule has 5 heterocycles. The Kier molecular flexibility index (Phi) is 8.67. The Morgan fingerprint density at radius 3 is 2.70 bits per heavy atom. The fourth-order valence-corrected chi connectivity index (χ4v) is 8.90. The van der Waals surface area contributed by atoms with Crippen molar-refractivity contribution in [1.29, 1.82) is 0 Å². The van der Waals surface area contributed by atoms with Crippen molar-refractivity contribution in [2.45, 2.75) is 64.5 Å². The topological polar surface area (TPSA) is 110 Å². The van der Waals surface area contributed by atoms with Crippen molar-refractivity contribution >= 4 is 50.5 Å². The number of aromatic carboxylic acids is 1. The van der Waals surface area contributed by atoms with Gasteiger partial charge in [-0.3, -0.25) is 19.2 Å². The van der Waals surface area contributed by atoms with Crippen molar-refractivity contribution in [2.75, 3.05) is 19.7 Å². The van der Waals surface area contributed by atoms with E-state index in [1.54, 1.807) is 27.4 Å². The minimum absolute atomic E-state index is 0.0241. The largest absolute Gasteiger partial charge is 0.491 e. The molecule has 1 fully saturated rings. The molecule has 9 nitrogen and oxygen atoms in total. The number of carbonyl (C=O) groups is 1. The number of nitrogens with zero attached hydrogens (tertiary/aromatic N) is 5. The monoisotopic (exact) mass is 675 g/mol. The second-order valence-corrected chi connectivity index (χ2v) is 14.3. The van der Waals surface area contributed by atoms with Gasteiger partial charge in [-0.15, -0.1) is 22.7 Å². The van der Waals surface area contributed by atoms with Gasteiger partial charge in [0.25, 0.3) is 5.56 Å². The van der Waals surface area contributed by atoms with E-state index in [-0.39, 0.29) is 17.7 Å². The Hall–Kier alpha value is -3.64. The van der Waals surface area contributed by atoms with Crippen LogP contribution >= 0.6 is 34.3 Å². The molecule has 0 unspecified atom stereocenters. The van der Waals surface area contributed by atoms with Gasteiger partial charge in [-0.2, -0.15) is 0 Å². The number of carboxylic acid groups (broad SMARTS) is 1. The number of aryl methyl sites for hydroxylation is 3. The Bertz CT molecular complexity index is 1980. The van der Waals surface area contributed by atoms with Crippen LogP contribution < -0.4 is 10.3 Å². The number of rotatable bonds is 8. The number of fused-ring (bicyclic) bond motifs is 2. The zero-order valence-corrected chi connectivity index (χ0v) is 28.1. The van der Waals surface area contributed by atoms with Gasteiger partial charge in [-0.25, -0.2) is 14.8 Å². The van der Waals surface area contributed by atoms with Crippen LogP contribution in [-0.2, 0) is 19.4 Å². The molecule has 2 aliphatic rings. The molecular formula is C34H34ClN5O4S2. The first-order chi connectivity index (χ1) is 22.3. The molecule has 238 valence electrons. The first-order valence-corrected chi connectivity index (χ1v) is 17.7. The van der Waals surface area contributed by atoms with Gasteiger partial charge < -0.3 is 9.84 Å². The highest BCUT2D eigenvalue weighted by Crippen LogP contribution is 2.40. The number of aromatic nitrogens is 4. The molecule has 7 rings (SSSR count). The molecule has 5 aromatic rings. The zero-order valence-electron chi connectivity index (χ0n) is 25.7. The summed E-state index contributed by atoms with van der Waals surface area (Å²) in [5.41, 5.74) is 4.66. The number of thiophene rings is 1. The van der Waals surface area contributed by atoms with Gasteiger partial charge in [-0.05, 0) is 83.3 Å². The standard InChI is InChI=1S/C34H34ClN5O4S2/c1-19-15-25(31-30(37-19)27(18-46-31)34(42)43)24-16-22(35)3-6-29(24)44-13-12-40-20(2)38-28-5-4-23(17-26(28)33(40)41)39-10-7-21(8-11-39)32-36-9-14-45-32/h3,6,9,14-16,18,21,23H,4-5,7-8,10-13,17H2,1-2H3,(H,42,43)/t23-/m1/s1. The maximum atomic E-state index is 13.9. The maximum absolute atomic E-state index is 13.9. The number of halogens is 1. The second-order valence-electron chi connectivity index (χ2n) is 12.1. The number of pyridine rings is 1. The summed E-state index contributed by atoms with van der Waals surface area (Å²) in [5.74, 6) is 0.813. The van der Waals surface area contributed by atoms with Crippen LogP contribution in [0.1, 0.15) is 63.3 Å². The van der Waals surface area contributed by atoms with E-state index >= 15 is 0 Å². The molecule has 4 aromatic heterocycles. The Morgan fingerprint density at radius 1 is 1.11 bits per heavy atom. The molecule has 0 radical (unpaired) electrons. The van der Waals surface area contributed by atoms with Gasteiger partial charge >= 0.3 is 5.97 Å². The molecule has 0 spiro atoms. The number of ether oxygens (including phenoxy) is 1. The maximum Gasteiger partial charge on any atom is 0.338 e. The van der Waals surface area contributed by atoms with Crippen molar-refractivity contribution in [3.05, 3.63) is 89.9 Å². The smallest absolute Gasteiger partial charge is 0.338 e. The Morgan fingerprint density at radius 2 is 1.93 bits per heavy atom. The van der Waals surface area contributed by atoms with Gasteiger partial charge in [0.2, 0.25) is 0 Å². The summed E-state index contributed by atoms with van der Waals surface area (Å²) in [6, 6.07) is 7.67. The predicted molar refractivity (Wildman–Crippen MR) is 182 cm³/mol. The summed E-state index contributed by atoms with van der Waals surface area (Å²) >= 11 is 9.51. The molecule has 1 saturated heterocycles. The van der Waals surface area contributed by atoms with Crippen LogP contribution in [0.15, 0.2) is 46.0 Å². The van der Waals surface area contributed by atoms with E-state index in [9.17, 15) is 14.7 Å². The summed E-state index contributed by atoms with van der Waals surface area (Å²) < 4.78 is 8.80. The number of hydrogen-bond acceptors (Lipinski definition) is 9. The lowest BCUT2D eigenvalue weighted by Gasteiger charge is -2.39. The SMILES string of the molecule is Cc1cc(-c2cc(Cl)ccc2OCCn2c(C)nc3c(c2=O)C[C@H](N2CCC(c4nccs4)CC2)CC3)c2scc(C(=O)O)c2n1. The Balaban J connectivity index is 1.08. The summed E-state index contributed by atoms with van der Waals surface area (Å²) in [7, 11) is 0. The van der Waals surface area contributed by atoms with E-state index < -0.39 is 5.97 Å². The summed E-state index contributed by atoms with van der Waals surface area (Å²) in [5, 5.41) is 15.1. The lowest BCUT2D eigenvalue weighted by atomic mass is 9.88. The van der Waals surface area contributed by atoms with E-state index in [0.29, 0.717) is 46.3 Å². The number of likely N-dealkylation sites (tertiary alicyclic amines) is 1. The van der Waals surface area contributed by atoms with Crippen LogP contribution in [-0.4, -0.2) is 61.2 Å². The van der Waals surface area contributed by atoms with E-state index in [0.717, 1.165) is 72.3 Å². The van der Waals surface area contributed by atoms with Crippen LogP contribution in [0, 0.1) is 13.8 Å². The van der Waals surface area contributed by atoms with Crippen LogP contribution in [0.4, 0.5) is 0 Å². The second kappa shape index (κ2) is 12.9. The van der Waals surface area contributed by atoms with Gasteiger partial charge in [-0.1, -0.05) is 11.6 Å². The van der Waals surface area contributed by atoms with Crippen molar-refractivity contribution < 1.29 is 14.6 Å². The number of hydrogen-bond donors (Lipinski definition) is 1.